The Hall–Kier alpha value is -3.35. The predicted octanol–water partition coefficient (Wildman–Crippen LogP) is 2.82. The highest BCUT2D eigenvalue weighted by Crippen LogP contribution is 2.21. The molecule has 0 saturated carbocycles. The number of aromatic nitrogens is 3. The van der Waals surface area contributed by atoms with E-state index in [0.717, 1.165) is 30.0 Å². The lowest BCUT2D eigenvalue weighted by Gasteiger charge is -2.07. The Morgan fingerprint density at radius 3 is 2.78 bits per heavy atom. The van der Waals surface area contributed by atoms with Crippen molar-refractivity contribution in [1.82, 2.24) is 20.1 Å². The van der Waals surface area contributed by atoms with Gasteiger partial charge in [0.25, 0.3) is 5.91 Å². The molecule has 0 spiro atoms. The normalized spacial score (nSPS) is 10.4. The van der Waals surface area contributed by atoms with E-state index in [4.69, 9.17) is 4.74 Å². The smallest absolute Gasteiger partial charge is 0.254 e. The molecule has 27 heavy (non-hydrogen) atoms. The number of amides is 1. The molecule has 0 unspecified atom stereocenters. The number of pyridine rings is 1. The van der Waals surface area contributed by atoms with Crippen molar-refractivity contribution < 1.29 is 9.53 Å². The highest BCUT2D eigenvalue weighted by Gasteiger charge is 2.11. The fraction of sp³-hybridized carbons (Fsp3) is 0.250. The maximum atomic E-state index is 12.3. The average molecular weight is 365 g/mol. The number of ether oxygens (including phenoxy) is 1. The first-order valence-corrected chi connectivity index (χ1v) is 8.80. The van der Waals surface area contributed by atoms with Crippen LogP contribution in [0.5, 0.6) is 5.75 Å². The molecule has 2 heterocycles. The van der Waals surface area contributed by atoms with Gasteiger partial charge in [0.2, 0.25) is 0 Å². The molecule has 2 N–H and O–H groups in total. The molecule has 0 fully saturated rings. The van der Waals surface area contributed by atoms with Crippen molar-refractivity contribution in [2.24, 2.45) is 0 Å². The van der Waals surface area contributed by atoms with E-state index in [9.17, 15) is 4.79 Å². The largest absolute Gasteiger partial charge is 0.494 e. The number of carbonyl (C=O) groups is 1. The van der Waals surface area contributed by atoms with Gasteiger partial charge in [-0.1, -0.05) is 18.2 Å². The molecular weight excluding hydrogens is 342 g/mol. The fourth-order valence-corrected chi connectivity index (χ4v) is 2.57. The van der Waals surface area contributed by atoms with Gasteiger partial charge in [0.05, 0.1) is 18.9 Å². The van der Waals surface area contributed by atoms with Gasteiger partial charge >= 0.3 is 0 Å². The van der Waals surface area contributed by atoms with E-state index in [1.165, 1.54) is 0 Å². The number of carbonyl (C=O) groups excluding carboxylic acids is 1. The lowest BCUT2D eigenvalue weighted by molar-refractivity contribution is 0.0953. The molecule has 1 amide bonds. The summed E-state index contributed by atoms with van der Waals surface area (Å²) in [7, 11) is 1.61. The second-order valence-corrected chi connectivity index (χ2v) is 6.10. The first-order chi connectivity index (χ1) is 13.2. The van der Waals surface area contributed by atoms with Crippen LogP contribution in [0.1, 0.15) is 22.3 Å². The van der Waals surface area contributed by atoms with Gasteiger partial charge in [-0.3, -0.25) is 4.79 Å². The van der Waals surface area contributed by atoms with Gasteiger partial charge in [-0.2, -0.15) is 5.10 Å². The van der Waals surface area contributed by atoms with Gasteiger partial charge in [-0.15, -0.1) is 0 Å². The number of para-hydroxylation sites is 2. The summed E-state index contributed by atoms with van der Waals surface area (Å²) in [6.45, 7) is 3.30. The zero-order valence-electron chi connectivity index (χ0n) is 15.5. The highest BCUT2D eigenvalue weighted by molar-refractivity contribution is 5.93. The third kappa shape index (κ3) is 4.84. The number of benzene rings is 1. The van der Waals surface area contributed by atoms with Crippen molar-refractivity contribution in [2.45, 2.75) is 13.3 Å². The van der Waals surface area contributed by atoms with Gasteiger partial charge in [0, 0.05) is 25.5 Å². The fourth-order valence-electron chi connectivity index (χ4n) is 2.57. The molecule has 1 aromatic carbocycles. The quantitative estimate of drug-likeness (QED) is 0.600. The maximum absolute atomic E-state index is 12.3. The minimum absolute atomic E-state index is 0.149. The van der Waals surface area contributed by atoms with Crippen LogP contribution in [0.25, 0.3) is 5.69 Å². The Morgan fingerprint density at radius 1 is 1.15 bits per heavy atom. The zero-order chi connectivity index (χ0) is 19.1. The van der Waals surface area contributed by atoms with Crippen LogP contribution in [0, 0.1) is 6.92 Å². The van der Waals surface area contributed by atoms with E-state index in [1.807, 2.05) is 49.5 Å². The summed E-state index contributed by atoms with van der Waals surface area (Å²) in [4.78, 5) is 16.6. The number of anilines is 1. The summed E-state index contributed by atoms with van der Waals surface area (Å²) < 4.78 is 6.97. The third-order valence-electron chi connectivity index (χ3n) is 4.03. The van der Waals surface area contributed by atoms with E-state index in [0.29, 0.717) is 17.9 Å². The van der Waals surface area contributed by atoms with E-state index in [-0.39, 0.29) is 5.91 Å². The number of nitrogens with zero attached hydrogens (tertiary/aromatic N) is 3. The molecule has 0 saturated heterocycles. The van der Waals surface area contributed by atoms with Gasteiger partial charge in [0.15, 0.2) is 0 Å². The van der Waals surface area contributed by atoms with Crippen LogP contribution in [0.15, 0.2) is 55.0 Å². The van der Waals surface area contributed by atoms with Gasteiger partial charge in [-0.05, 0) is 37.1 Å². The van der Waals surface area contributed by atoms with Crippen molar-refractivity contribution in [3.8, 4) is 11.4 Å². The number of hydrogen-bond acceptors (Lipinski definition) is 5. The van der Waals surface area contributed by atoms with Crippen molar-refractivity contribution in [1.29, 1.82) is 0 Å². The molecule has 7 nitrogen and oxygen atoms in total. The number of methoxy groups -OCH3 is 1. The topological polar surface area (TPSA) is 81.1 Å². The Balaban J connectivity index is 1.47. The van der Waals surface area contributed by atoms with Crippen LogP contribution in [-0.2, 0) is 0 Å². The minimum atomic E-state index is -0.149. The van der Waals surface area contributed by atoms with Gasteiger partial charge in [0.1, 0.15) is 17.3 Å². The second kappa shape index (κ2) is 8.84. The summed E-state index contributed by atoms with van der Waals surface area (Å²) in [5.74, 6) is 1.39. The summed E-state index contributed by atoms with van der Waals surface area (Å²) in [6.07, 6.45) is 5.86. The van der Waals surface area contributed by atoms with Crippen LogP contribution in [0.3, 0.4) is 0 Å². The number of rotatable bonds is 8. The predicted molar refractivity (Wildman–Crippen MR) is 105 cm³/mol. The van der Waals surface area contributed by atoms with E-state index < -0.39 is 0 Å². The molecule has 140 valence electrons. The molecule has 0 aliphatic carbocycles. The molecule has 0 aliphatic rings. The van der Waals surface area contributed by atoms with Crippen molar-refractivity contribution in [3.63, 3.8) is 0 Å². The molecule has 0 bridgehead atoms. The van der Waals surface area contributed by atoms with Crippen LogP contribution in [0.4, 0.5) is 5.82 Å². The standard InChI is InChI=1S/C20H23N5O2/c1-15-8-9-19(23-12-15)21-10-5-11-22-20(26)16-13-24-25(14-16)17-6-3-4-7-18(17)27-2/h3-4,6-9,12-14H,5,10-11H2,1-2H3,(H,21,23)(H,22,26). The Kier molecular flexibility index (Phi) is 6.04. The third-order valence-corrected chi connectivity index (χ3v) is 4.03. The van der Waals surface area contributed by atoms with Crippen LogP contribution in [0.2, 0.25) is 0 Å². The van der Waals surface area contributed by atoms with E-state index in [1.54, 1.807) is 24.2 Å². The lowest BCUT2D eigenvalue weighted by atomic mass is 10.3. The number of nitrogens with one attached hydrogen (secondary N) is 2. The van der Waals surface area contributed by atoms with Crippen molar-refractivity contribution in [3.05, 3.63) is 66.1 Å². The summed E-state index contributed by atoms with van der Waals surface area (Å²) >= 11 is 0. The van der Waals surface area contributed by atoms with Crippen molar-refractivity contribution >= 4 is 11.7 Å². The SMILES string of the molecule is COc1ccccc1-n1cc(C(=O)NCCCNc2ccc(C)cn2)cn1. The second-order valence-electron chi connectivity index (χ2n) is 6.10. The number of aryl methyl sites for hydroxylation is 1. The van der Waals surface area contributed by atoms with Gasteiger partial charge < -0.3 is 15.4 Å². The lowest BCUT2D eigenvalue weighted by Crippen LogP contribution is -2.25. The monoisotopic (exact) mass is 365 g/mol. The molecule has 7 heteroatoms. The molecule has 0 atom stereocenters. The minimum Gasteiger partial charge on any atom is -0.494 e. The van der Waals surface area contributed by atoms with Crippen LogP contribution < -0.4 is 15.4 Å². The molecular formula is C20H23N5O2. The molecule has 2 aromatic heterocycles. The average Bonchev–Trinajstić information content (AvgIpc) is 3.19. The first kappa shape index (κ1) is 18.4. The summed E-state index contributed by atoms with van der Waals surface area (Å²) in [6, 6.07) is 11.5. The maximum Gasteiger partial charge on any atom is 0.254 e. The summed E-state index contributed by atoms with van der Waals surface area (Å²) in [5.41, 5.74) is 2.42. The molecule has 0 aliphatic heterocycles. The van der Waals surface area contributed by atoms with E-state index in [2.05, 4.69) is 20.7 Å². The Labute approximate surface area is 158 Å². The highest BCUT2D eigenvalue weighted by atomic mass is 16.5. The molecule has 3 rings (SSSR count). The Bertz CT molecular complexity index is 889. The Morgan fingerprint density at radius 2 is 2.00 bits per heavy atom. The zero-order valence-corrected chi connectivity index (χ0v) is 15.5. The van der Waals surface area contributed by atoms with Crippen molar-refractivity contribution in [2.75, 3.05) is 25.5 Å². The van der Waals surface area contributed by atoms with Crippen LogP contribution >= 0.6 is 0 Å². The van der Waals surface area contributed by atoms with Crippen LogP contribution in [-0.4, -0.2) is 40.9 Å². The molecule has 0 radical (unpaired) electrons. The molecule has 3 aromatic rings. The number of hydrogen-bond donors (Lipinski definition) is 2. The summed E-state index contributed by atoms with van der Waals surface area (Å²) in [5, 5.41) is 10.4. The van der Waals surface area contributed by atoms with Gasteiger partial charge in [-0.25, -0.2) is 9.67 Å². The van der Waals surface area contributed by atoms with E-state index >= 15 is 0 Å². The first-order valence-electron chi connectivity index (χ1n) is 8.80.